The third-order valence-electron chi connectivity index (χ3n) is 10.9. The highest BCUT2D eigenvalue weighted by atomic mass is 15.1. The van der Waals surface area contributed by atoms with E-state index in [1.54, 1.807) is 0 Å². The molecule has 2 aliphatic rings. The molecule has 0 saturated carbocycles. The molecule has 8 aromatic carbocycles. The van der Waals surface area contributed by atoms with E-state index in [0.29, 0.717) is 0 Å². The molecule has 1 aromatic heterocycles. The Hall–Kier alpha value is -6.38. The van der Waals surface area contributed by atoms with E-state index in [4.69, 9.17) is 0 Å². The van der Waals surface area contributed by atoms with Crippen molar-refractivity contribution < 1.29 is 0 Å². The van der Waals surface area contributed by atoms with Crippen LogP contribution >= 0.6 is 0 Å². The zero-order valence-electron chi connectivity index (χ0n) is 26.7. The molecule has 2 nitrogen and oxygen atoms in total. The van der Waals surface area contributed by atoms with Gasteiger partial charge >= 0.3 is 0 Å². The zero-order chi connectivity index (χ0) is 32.1. The van der Waals surface area contributed by atoms with E-state index in [0.717, 1.165) is 17.1 Å². The molecule has 228 valence electrons. The number of fused-ring (bicyclic) bond motifs is 13. The zero-order valence-corrected chi connectivity index (χ0v) is 26.7. The first-order chi connectivity index (χ1) is 24.3. The van der Waals surface area contributed by atoms with Gasteiger partial charge in [-0.1, -0.05) is 140 Å². The maximum atomic E-state index is 2.54. The van der Waals surface area contributed by atoms with Crippen molar-refractivity contribution in [2.45, 2.75) is 5.41 Å². The second kappa shape index (κ2) is 9.82. The number of hydrogen-bond donors (Lipinski definition) is 0. The van der Waals surface area contributed by atoms with Crippen LogP contribution in [0.4, 0.5) is 17.1 Å². The lowest BCUT2D eigenvalue weighted by atomic mass is 9.65. The van der Waals surface area contributed by atoms with Crippen molar-refractivity contribution in [2.75, 3.05) is 4.90 Å². The largest absolute Gasteiger partial charge is 0.310 e. The summed E-state index contributed by atoms with van der Waals surface area (Å²) >= 11 is 0. The summed E-state index contributed by atoms with van der Waals surface area (Å²) in [6.07, 6.45) is 0. The smallest absolute Gasteiger partial charge is 0.0754 e. The molecule has 0 amide bonds. The normalized spacial score (nSPS) is 13.5. The molecule has 0 N–H and O–H groups in total. The van der Waals surface area contributed by atoms with Crippen molar-refractivity contribution >= 4 is 49.6 Å². The Bertz CT molecular complexity index is 2740. The van der Waals surface area contributed by atoms with E-state index < -0.39 is 5.41 Å². The molecule has 0 fully saturated rings. The Kier molecular flexibility index (Phi) is 5.34. The van der Waals surface area contributed by atoms with Crippen molar-refractivity contribution in [3.8, 4) is 16.8 Å². The van der Waals surface area contributed by atoms with Gasteiger partial charge in [0.15, 0.2) is 0 Å². The SMILES string of the molecule is c1ccc(N(c2ccc3ccccc3c2)c2ccc3c4cccc5c4n(c3c2)-c2ccccc2C52c3ccccc3-c3ccccc32)cc1. The predicted molar refractivity (Wildman–Crippen MR) is 204 cm³/mol. The van der Waals surface area contributed by atoms with Crippen LogP contribution in [0, 0.1) is 0 Å². The Balaban J connectivity index is 1.23. The maximum absolute atomic E-state index is 2.54. The quantitative estimate of drug-likeness (QED) is 0.190. The molecule has 0 atom stereocenters. The van der Waals surface area contributed by atoms with Crippen molar-refractivity contribution in [3.05, 3.63) is 204 Å². The Morgan fingerprint density at radius 2 is 1.00 bits per heavy atom. The van der Waals surface area contributed by atoms with Crippen molar-refractivity contribution in [1.82, 2.24) is 4.57 Å². The fraction of sp³-hybridized carbons (Fsp3) is 0.0213. The molecule has 1 aliphatic heterocycles. The molecular weight excluding hydrogens is 593 g/mol. The van der Waals surface area contributed by atoms with Crippen molar-refractivity contribution in [2.24, 2.45) is 0 Å². The fourth-order valence-electron chi connectivity index (χ4n) is 9.03. The second-order valence-electron chi connectivity index (χ2n) is 13.3. The molecule has 0 bridgehead atoms. The molecule has 49 heavy (non-hydrogen) atoms. The van der Waals surface area contributed by atoms with Gasteiger partial charge in [-0.2, -0.15) is 0 Å². The van der Waals surface area contributed by atoms with Gasteiger partial charge in [-0.05, 0) is 86.6 Å². The Morgan fingerprint density at radius 3 is 1.80 bits per heavy atom. The number of aromatic nitrogens is 1. The molecule has 1 spiro atoms. The molecule has 0 unspecified atom stereocenters. The fourth-order valence-corrected chi connectivity index (χ4v) is 9.03. The summed E-state index contributed by atoms with van der Waals surface area (Å²) in [5.74, 6) is 0. The highest BCUT2D eigenvalue weighted by Gasteiger charge is 2.50. The predicted octanol–water partition coefficient (Wildman–Crippen LogP) is 12.1. The molecule has 9 aromatic rings. The van der Waals surface area contributed by atoms with Crippen LogP contribution in [-0.2, 0) is 5.41 Å². The summed E-state index contributed by atoms with van der Waals surface area (Å²) in [6.45, 7) is 0. The van der Waals surface area contributed by atoms with Crippen molar-refractivity contribution in [3.63, 3.8) is 0 Å². The Labute approximate surface area is 284 Å². The number of nitrogens with zero attached hydrogens (tertiary/aromatic N) is 2. The number of benzene rings is 8. The summed E-state index contributed by atoms with van der Waals surface area (Å²) in [5, 5.41) is 5.02. The van der Waals surface area contributed by atoms with E-state index in [1.165, 1.54) is 71.6 Å². The number of rotatable bonds is 3. The summed E-state index contributed by atoms with van der Waals surface area (Å²) in [5.41, 5.74) is 14.8. The van der Waals surface area contributed by atoms with E-state index in [2.05, 4.69) is 191 Å². The molecule has 11 rings (SSSR count). The first kappa shape index (κ1) is 26.7. The van der Waals surface area contributed by atoms with Gasteiger partial charge in [0, 0.05) is 27.8 Å². The second-order valence-corrected chi connectivity index (χ2v) is 13.3. The van der Waals surface area contributed by atoms with Crippen LogP contribution in [0.5, 0.6) is 0 Å². The lowest BCUT2D eigenvalue weighted by molar-refractivity contribution is 0.748. The van der Waals surface area contributed by atoms with Crippen LogP contribution in [0.3, 0.4) is 0 Å². The van der Waals surface area contributed by atoms with Gasteiger partial charge in [0.25, 0.3) is 0 Å². The lowest BCUT2D eigenvalue weighted by Gasteiger charge is -2.39. The number of anilines is 3. The maximum Gasteiger partial charge on any atom is 0.0754 e. The lowest BCUT2D eigenvalue weighted by Crippen LogP contribution is -2.33. The van der Waals surface area contributed by atoms with Crippen LogP contribution in [0.1, 0.15) is 22.3 Å². The molecule has 2 heterocycles. The first-order valence-electron chi connectivity index (χ1n) is 17.0. The molecule has 2 heteroatoms. The van der Waals surface area contributed by atoms with Crippen LogP contribution in [0.25, 0.3) is 49.4 Å². The van der Waals surface area contributed by atoms with Crippen LogP contribution in [0.2, 0.25) is 0 Å². The average Bonchev–Trinajstić information content (AvgIpc) is 3.66. The summed E-state index contributed by atoms with van der Waals surface area (Å²) in [4.78, 5) is 2.39. The monoisotopic (exact) mass is 622 g/mol. The average molecular weight is 623 g/mol. The van der Waals surface area contributed by atoms with Gasteiger partial charge in [-0.3, -0.25) is 0 Å². The Morgan fingerprint density at radius 1 is 0.388 bits per heavy atom. The standard InChI is InChI=1S/C47H30N2/c1-2-15-33(16-3-1)48(34-26-25-31-13-4-5-14-32(31)29-34)35-27-28-38-39-19-12-23-43-46(39)49(45(38)30-35)44-24-11-10-22-42(44)47(43)40-20-8-6-17-36(40)37-18-7-9-21-41(37)47/h1-30H. The summed E-state index contributed by atoms with van der Waals surface area (Å²) < 4.78 is 2.54. The third kappa shape index (κ3) is 3.45. The molecule has 0 radical (unpaired) electrons. The van der Waals surface area contributed by atoms with E-state index in [9.17, 15) is 0 Å². The van der Waals surface area contributed by atoms with Gasteiger partial charge in [0.2, 0.25) is 0 Å². The highest BCUT2D eigenvalue weighted by molar-refractivity contribution is 6.13. The number of hydrogen-bond acceptors (Lipinski definition) is 1. The number of para-hydroxylation sites is 3. The minimum atomic E-state index is -0.405. The van der Waals surface area contributed by atoms with Gasteiger partial charge in [-0.25, -0.2) is 0 Å². The van der Waals surface area contributed by atoms with Crippen LogP contribution in [0.15, 0.2) is 182 Å². The summed E-state index contributed by atoms with van der Waals surface area (Å²) in [6, 6.07) is 67.2. The minimum Gasteiger partial charge on any atom is -0.310 e. The summed E-state index contributed by atoms with van der Waals surface area (Å²) in [7, 11) is 0. The van der Waals surface area contributed by atoms with E-state index >= 15 is 0 Å². The van der Waals surface area contributed by atoms with E-state index in [-0.39, 0.29) is 0 Å². The van der Waals surface area contributed by atoms with Crippen LogP contribution in [-0.4, -0.2) is 4.57 Å². The van der Waals surface area contributed by atoms with Crippen molar-refractivity contribution in [1.29, 1.82) is 0 Å². The van der Waals surface area contributed by atoms with Gasteiger partial charge in [-0.15, -0.1) is 0 Å². The third-order valence-corrected chi connectivity index (χ3v) is 10.9. The first-order valence-corrected chi connectivity index (χ1v) is 17.0. The molecule has 1 aliphatic carbocycles. The minimum absolute atomic E-state index is 0.405. The van der Waals surface area contributed by atoms with E-state index in [1.807, 2.05) is 0 Å². The van der Waals surface area contributed by atoms with Gasteiger partial charge in [0.1, 0.15) is 0 Å². The molecule has 0 saturated heterocycles. The highest BCUT2D eigenvalue weighted by Crippen LogP contribution is 2.61. The molecular formula is C47H30N2. The van der Waals surface area contributed by atoms with Gasteiger partial charge < -0.3 is 9.47 Å². The topological polar surface area (TPSA) is 8.17 Å². The van der Waals surface area contributed by atoms with Crippen LogP contribution < -0.4 is 4.90 Å². The van der Waals surface area contributed by atoms with Gasteiger partial charge in [0.05, 0.1) is 22.1 Å².